The van der Waals surface area contributed by atoms with Crippen molar-refractivity contribution >= 4 is 45.0 Å². The maximum atomic E-state index is 11.9. The molecule has 2 aromatic rings. The van der Waals surface area contributed by atoms with Gasteiger partial charge in [0.25, 0.3) is 5.91 Å². The molecule has 7 heteroatoms. The lowest BCUT2D eigenvalue weighted by Crippen LogP contribution is -2.23. The van der Waals surface area contributed by atoms with Gasteiger partial charge in [-0.2, -0.15) is 0 Å². The van der Waals surface area contributed by atoms with Crippen molar-refractivity contribution in [3.05, 3.63) is 56.2 Å². The van der Waals surface area contributed by atoms with Crippen LogP contribution in [0, 0.1) is 0 Å². The van der Waals surface area contributed by atoms with Gasteiger partial charge in [-0.1, -0.05) is 51.3 Å². The first-order valence-corrected chi connectivity index (χ1v) is 6.82. The molecule has 0 aliphatic heterocycles. The standard InChI is InChI=1S/C12H8BrCl2N3O/c13-8-3-1-7(2-4-8)6-16-12(19)9-5-10(14)17-18-11(9)15/h1-5H,6H2,(H,16,19). The lowest BCUT2D eigenvalue weighted by atomic mass is 10.2. The summed E-state index contributed by atoms with van der Waals surface area (Å²) in [5.74, 6) is -0.343. The molecule has 1 N–H and O–H groups in total. The van der Waals surface area contributed by atoms with Crippen molar-refractivity contribution < 1.29 is 4.79 Å². The molecule has 4 nitrogen and oxygen atoms in total. The van der Waals surface area contributed by atoms with Crippen LogP contribution >= 0.6 is 39.1 Å². The first kappa shape index (κ1) is 14.2. The van der Waals surface area contributed by atoms with Gasteiger partial charge in [0.2, 0.25) is 0 Å². The summed E-state index contributed by atoms with van der Waals surface area (Å²) in [7, 11) is 0. The second kappa shape index (κ2) is 6.32. The van der Waals surface area contributed by atoms with Crippen molar-refractivity contribution in [2.24, 2.45) is 0 Å². The zero-order valence-corrected chi connectivity index (χ0v) is 12.6. The molecular formula is C12H8BrCl2N3O. The van der Waals surface area contributed by atoms with Crippen LogP contribution in [0.2, 0.25) is 10.3 Å². The molecule has 0 radical (unpaired) electrons. The molecule has 0 saturated heterocycles. The molecule has 0 fully saturated rings. The van der Waals surface area contributed by atoms with E-state index in [9.17, 15) is 4.79 Å². The number of carbonyl (C=O) groups is 1. The number of benzene rings is 1. The molecule has 0 aliphatic rings. The molecule has 2 rings (SSSR count). The monoisotopic (exact) mass is 359 g/mol. The van der Waals surface area contributed by atoms with Crippen LogP contribution in [-0.2, 0) is 6.54 Å². The molecular weight excluding hydrogens is 353 g/mol. The van der Waals surface area contributed by atoms with Crippen molar-refractivity contribution in [2.45, 2.75) is 6.54 Å². The Morgan fingerprint density at radius 1 is 1.21 bits per heavy atom. The number of nitrogens with one attached hydrogen (secondary N) is 1. The van der Waals surface area contributed by atoms with E-state index in [0.29, 0.717) is 6.54 Å². The summed E-state index contributed by atoms with van der Waals surface area (Å²) in [4.78, 5) is 11.9. The Morgan fingerprint density at radius 2 is 1.89 bits per heavy atom. The number of hydrogen-bond donors (Lipinski definition) is 1. The topological polar surface area (TPSA) is 54.9 Å². The van der Waals surface area contributed by atoms with E-state index in [4.69, 9.17) is 23.2 Å². The minimum Gasteiger partial charge on any atom is -0.348 e. The summed E-state index contributed by atoms with van der Waals surface area (Å²) >= 11 is 14.8. The molecule has 0 spiro atoms. The minimum absolute atomic E-state index is 0.0257. The summed E-state index contributed by atoms with van der Waals surface area (Å²) < 4.78 is 0.982. The molecule has 19 heavy (non-hydrogen) atoms. The second-order valence-corrected chi connectivity index (χ2v) is 5.34. The summed E-state index contributed by atoms with van der Waals surface area (Å²) in [6, 6.07) is 9.00. The molecule has 0 atom stereocenters. The highest BCUT2D eigenvalue weighted by molar-refractivity contribution is 9.10. The van der Waals surface area contributed by atoms with Gasteiger partial charge in [-0.25, -0.2) is 0 Å². The van der Waals surface area contributed by atoms with Gasteiger partial charge >= 0.3 is 0 Å². The lowest BCUT2D eigenvalue weighted by Gasteiger charge is -2.06. The smallest absolute Gasteiger partial charge is 0.254 e. The molecule has 0 saturated carbocycles. The van der Waals surface area contributed by atoms with E-state index in [0.717, 1.165) is 10.0 Å². The summed E-state index contributed by atoms with van der Waals surface area (Å²) in [5, 5.41) is 10.0. The Morgan fingerprint density at radius 3 is 2.58 bits per heavy atom. The number of aromatic nitrogens is 2. The number of nitrogens with zero attached hydrogens (tertiary/aromatic N) is 2. The van der Waals surface area contributed by atoms with Gasteiger partial charge in [-0.15, -0.1) is 10.2 Å². The van der Waals surface area contributed by atoms with E-state index < -0.39 is 0 Å². The van der Waals surface area contributed by atoms with Crippen molar-refractivity contribution in [1.29, 1.82) is 0 Å². The Hall–Kier alpha value is -1.17. The third-order valence-electron chi connectivity index (χ3n) is 2.33. The molecule has 98 valence electrons. The number of rotatable bonds is 3. The Labute approximate surface area is 128 Å². The second-order valence-electron chi connectivity index (χ2n) is 3.68. The van der Waals surface area contributed by atoms with Gasteiger partial charge in [0.1, 0.15) is 0 Å². The molecule has 0 aliphatic carbocycles. The Bertz CT molecular complexity index is 604. The first-order valence-electron chi connectivity index (χ1n) is 5.27. The van der Waals surface area contributed by atoms with Crippen LogP contribution < -0.4 is 5.32 Å². The van der Waals surface area contributed by atoms with Gasteiger partial charge in [0, 0.05) is 11.0 Å². The van der Waals surface area contributed by atoms with Crippen LogP contribution in [0.25, 0.3) is 0 Å². The normalized spacial score (nSPS) is 10.3. The average molecular weight is 361 g/mol. The summed E-state index contributed by atoms with van der Waals surface area (Å²) in [6.07, 6.45) is 0. The molecule has 1 aromatic carbocycles. The van der Waals surface area contributed by atoms with Crippen molar-refractivity contribution in [3.8, 4) is 0 Å². The van der Waals surface area contributed by atoms with Crippen LogP contribution in [0.1, 0.15) is 15.9 Å². The zero-order valence-electron chi connectivity index (χ0n) is 9.53. The van der Waals surface area contributed by atoms with Crippen LogP contribution in [0.15, 0.2) is 34.8 Å². The fraction of sp³-hybridized carbons (Fsp3) is 0.0833. The molecule has 0 unspecified atom stereocenters. The van der Waals surface area contributed by atoms with Gasteiger partial charge in [0.05, 0.1) is 5.56 Å². The van der Waals surface area contributed by atoms with E-state index in [1.54, 1.807) is 0 Å². The fourth-order valence-corrected chi connectivity index (χ4v) is 1.98. The van der Waals surface area contributed by atoms with Gasteiger partial charge in [0.15, 0.2) is 10.3 Å². The van der Waals surface area contributed by atoms with Crippen molar-refractivity contribution in [2.75, 3.05) is 0 Å². The van der Waals surface area contributed by atoms with Crippen LogP contribution in [0.4, 0.5) is 0 Å². The average Bonchev–Trinajstić information content (AvgIpc) is 2.40. The van der Waals surface area contributed by atoms with Gasteiger partial charge in [-0.3, -0.25) is 4.79 Å². The van der Waals surface area contributed by atoms with Gasteiger partial charge in [-0.05, 0) is 23.8 Å². The number of amides is 1. The molecule has 0 bridgehead atoms. The maximum absolute atomic E-state index is 11.9. The highest BCUT2D eigenvalue weighted by Crippen LogP contribution is 2.15. The van der Waals surface area contributed by atoms with E-state index in [1.807, 2.05) is 24.3 Å². The number of halogens is 3. The lowest BCUT2D eigenvalue weighted by molar-refractivity contribution is 0.0950. The number of carbonyl (C=O) groups excluding carboxylic acids is 1. The predicted octanol–water partition coefficient (Wildman–Crippen LogP) is 3.48. The summed E-state index contributed by atoms with van der Waals surface area (Å²) in [5.41, 5.74) is 1.18. The first-order chi connectivity index (χ1) is 9.06. The molecule has 1 amide bonds. The molecule has 1 aromatic heterocycles. The van der Waals surface area contributed by atoms with Crippen molar-refractivity contribution in [3.63, 3.8) is 0 Å². The maximum Gasteiger partial charge on any atom is 0.254 e. The quantitative estimate of drug-likeness (QED) is 0.911. The van der Waals surface area contributed by atoms with Crippen LogP contribution in [0.5, 0.6) is 0 Å². The van der Waals surface area contributed by atoms with E-state index >= 15 is 0 Å². The minimum atomic E-state index is -0.343. The van der Waals surface area contributed by atoms with Crippen LogP contribution in [0.3, 0.4) is 0 Å². The van der Waals surface area contributed by atoms with E-state index in [1.165, 1.54) is 6.07 Å². The molecule has 1 heterocycles. The van der Waals surface area contributed by atoms with E-state index in [-0.39, 0.29) is 21.8 Å². The van der Waals surface area contributed by atoms with Crippen molar-refractivity contribution in [1.82, 2.24) is 15.5 Å². The third kappa shape index (κ3) is 3.89. The Kier molecular flexibility index (Phi) is 4.74. The largest absolute Gasteiger partial charge is 0.348 e. The highest BCUT2D eigenvalue weighted by atomic mass is 79.9. The highest BCUT2D eigenvalue weighted by Gasteiger charge is 2.12. The summed E-state index contributed by atoms with van der Waals surface area (Å²) in [6.45, 7) is 0.391. The van der Waals surface area contributed by atoms with Gasteiger partial charge < -0.3 is 5.32 Å². The Balaban J connectivity index is 2.05. The third-order valence-corrected chi connectivity index (χ3v) is 3.32. The SMILES string of the molecule is O=C(NCc1ccc(Br)cc1)c1cc(Cl)nnc1Cl. The van der Waals surface area contributed by atoms with Crippen LogP contribution in [-0.4, -0.2) is 16.1 Å². The predicted molar refractivity (Wildman–Crippen MR) is 77.4 cm³/mol. The fourth-order valence-electron chi connectivity index (χ4n) is 1.39. The van der Waals surface area contributed by atoms with E-state index in [2.05, 4.69) is 31.4 Å². The zero-order chi connectivity index (χ0) is 13.8. The number of hydrogen-bond acceptors (Lipinski definition) is 3.